The van der Waals surface area contributed by atoms with E-state index in [0.717, 1.165) is 71.5 Å². The summed E-state index contributed by atoms with van der Waals surface area (Å²) in [6.45, 7) is 19.0. The molecule has 0 unspecified atom stereocenters. The quantitative estimate of drug-likeness (QED) is 0.230. The highest BCUT2D eigenvalue weighted by Crippen LogP contribution is 2.34. The van der Waals surface area contributed by atoms with E-state index in [1.165, 1.54) is 12.7 Å². The van der Waals surface area contributed by atoms with Gasteiger partial charge in [0.05, 0.1) is 11.4 Å². The summed E-state index contributed by atoms with van der Waals surface area (Å²) in [7, 11) is 0. The van der Waals surface area contributed by atoms with Crippen molar-refractivity contribution in [2.24, 2.45) is 11.8 Å². The Morgan fingerprint density at radius 1 is 0.537 bits per heavy atom. The van der Waals surface area contributed by atoms with E-state index in [1.54, 1.807) is 0 Å². The molecular formula is C40H48N12O2. The Labute approximate surface area is 315 Å². The minimum absolute atomic E-state index is 0.0705. The lowest BCUT2D eigenvalue weighted by atomic mass is 9.84. The Balaban J connectivity index is 0.000000167. The number of hydrogen-bond donors (Lipinski definition) is 0. The van der Waals surface area contributed by atoms with E-state index < -0.39 is 0 Å². The highest BCUT2D eigenvalue weighted by molar-refractivity contribution is 5.95. The average molecular weight is 729 g/mol. The molecular weight excluding hydrogens is 681 g/mol. The van der Waals surface area contributed by atoms with Crippen molar-refractivity contribution in [1.82, 2.24) is 58.9 Å². The van der Waals surface area contributed by atoms with Crippen molar-refractivity contribution in [2.45, 2.75) is 80.1 Å². The maximum absolute atomic E-state index is 13.1. The van der Waals surface area contributed by atoms with Crippen LogP contribution in [0.1, 0.15) is 105 Å². The molecule has 6 aromatic rings. The van der Waals surface area contributed by atoms with Gasteiger partial charge in [0.15, 0.2) is 0 Å². The van der Waals surface area contributed by atoms with E-state index in [0.29, 0.717) is 47.6 Å². The summed E-state index contributed by atoms with van der Waals surface area (Å²) in [6.07, 6.45) is 4.97. The van der Waals surface area contributed by atoms with E-state index >= 15 is 0 Å². The highest BCUT2D eigenvalue weighted by atomic mass is 16.2. The van der Waals surface area contributed by atoms with Crippen molar-refractivity contribution < 1.29 is 9.59 Å². The van der Waals surface area contributed by atoms with E-state index in [4.69, 9.17) is 0 Å². The van der Waals surface area contributed by atoms with Gasteiger partial charge in [0.1, 0.15) is 12.7 Å². The molecule has 0 spiro atoms. The number of likely N-dealkylation sites (tertiary alicyclic amines) is 2. The van der Waals surface area contributed by atoms with Crippen LogP contribution < -0.4 is 0 Å². The topological polar surface area (TPSA) is 153 Å². The predicted octanol–water partition coefficient (Wildman–Crippen LogP) is 5.42. The van der Waals surface area contributed by atoms with Crippen LogP contribution in [-0.4, -0.2) is 96.9 Å². The van der Waals surface area contributed by atoms with Crippen LogP contribution in [0.4, 0.5) is 0 Å². The Bertz CT molecular complexity index is 2140. The molecule has 0 bridgehead atoms. The third-order valence-electron chi connectivity index (χ3n) is 10.7. The van der Waals surface area contributed by atoms with Crippen molar-refractivity contribution in [1.29, 1.82) is 0 Å². The molecule has 14 nitrogen and oxygen atoms in total. The molecule has 0 aliphatic carbocycles. The third-order valence-corrected chi connectivity index (χ3v) is 10.7. The first-order valence-electron chi connectivity index (χ1n) is 18.7. The summed E-state index contributed by atoms with van der Waals surface area (Å²) in [5, 5.41) is 8.70. The second-order valence-corrected chi connectivity index (χ2v) is 15.1. The predicted molar refractivity (Wildman–Crippen MR) is 203 cm³/mol. The summed E-state index contributed by atoms with van der Waals surface area (Å²) in [5.41, 5.74) is 8.88. The van der Waals surface area contributed by atoms with Crippen LogP contribution in [0.5, 0.6) is 0 Å². The minimum Gasteiger partial charge on any atom is -0.338 e. The lowest BCUT2D eigenvalue weighted by Crippen LogP contribution is -2.42. The molecule has 0 N–H and O–H groups in total. The molecule has 14 heteroatoms. The van der Waals surface area contributed by atoms with Gasteiger partial charge >= 0.3 is 0 Å². The van der Waals surface area contributed by atoms with E-state index in [-0.39, 0.29) is 23.7 Å². The smallest absolute Gasteiger partial charge is 0.254 e. The molecule has 2 saturated heterocycles. The largest absolute Gasteiger partial charge is 0.338 e. The zero-order valence-electron chi connectivity index (χ0n) is 32.4. The number of hydrogen-bond acceptors (Lipinski definition) is 10. The first-order valence-corrected chi connectivity index (χ1v) is 18.7. The van der Waals surface area contributed by atoms with Crippen molar-refractivity contribution in [2.75, 3.05) is 26.2 Å². The van der Waals surface area contributed by atoms with Crippen LogP contribution in [-0.2, 0) is 0 Å². The average Bonchev–Trinajstić information content (AvgIpc) is 3.80. The molecule has 2 aliphatic heterocycles. The van der Waals surface area contributed by atoms with E-state index in [2.05, 4.69) is 66.1 Å². The van der Waals surface area contributed by atoms with Gasteiger partial charge in [-0.05, 0) is 103 Å². The zero-order valence-corrected chi connectivity index (χ0v) is 32.4. The molecule has 2 fully saturated rings. The SMILES string of the molecule is Cc1cc(C(=O)N2CC[C@@H](C)[C@H](c3cc(C)nc4ncnn34)C2)cc(C)n1.Cc1cc(C(=O)N2CC[C@H](C)[C@@H](c3cc(C)nc4ncnn34)C2)cc(C)n1. The number of amides is 2. The zero-order chi connectivity index (χ0) is 38.3. The Hall–Kier alpha value is -5.66. The first kappa shape index (κ1) is 36.7. The molecule has 2 amide bonds. The Morgan fingerprint density at radius 2 is 0.889 bits per heavy atom. The van der Waals surface area contributed by atoms with Crippen LogP contribution in [0.2, 0.25) is 0 Å². The molecule has 54 heavy (non-hydrogen) atoms. The summed E-state index contributed by atoms with van der Waals surface area (Å²) in [5.74, 6) is 2.65. The molecule has 2 aliphatic rings. The third kappa shape index (κ3) is 7.55. The van der Waals surface area contributed by atoms with Gasteiger partial charge in [0.2, 0.25) is 0 Å². The molecule has 0 saturated carbocycles. The number of carbonyl (C=O) groups excluding carboxylic acids is 2. The number of aromatic nitrogens is 10. The van der Waals surface area contributed by atoms with Crippen molar-refractivity contribution in [3.8, 4) is 0 Å². The van der Waals surface area contributed by atoms with Crippen LogP contribution in [0.3, 0.4) is 0 Å². The van der Waals surface area contributed by atoms with Gasteiger partial charge in [-0.3, -0.25) is 19.6 Å². The van der Waals surface area contributed by atoms with Gasteiger partial charge in [0.25, 0.3) is 23.4 Å². The van der Waals surface area contributed by atoms with Crippen molar-refractivity contribution >= 4 is 23.4 Å². The normalized spacial score (nSPS) is 20.2. The maximum atomic E-state index is 13.1. The molecule has 8 rings (SSSR count). The van der Waals surface area contributed by atoms with Gasteiger partial charge in [-0.1, -0.05) is 13.8 Å². The summed E-state index contributed by atoms with van der Waals surface area (Å²) >= 11 is 0. The number of pyridine rings is 2. The fourth-order valence-corrected chi connectivity index (χ4v) is 8.00. The molecule has 4 atom stereocenters. The molecule has 0 aromatic carbocycles. The lowest BCUT2D eigenvalue weighted by molar-refractivity contribution is 0.0658. The van der Waals surface area contributed by atoms with Crippen molar-refractivity contribution in [3.05, 3.63) is 106 Å². The summed E-state index contributed by atoms with van der Waals surface area (Å²) in [6, 6.07) is 11.6. The van der Waals surface area contributed by atoms with Crippen LogP contribution >= 0.6 is 0 Å². The molecule has 6 aromatic heterocycles. The van der Waals surface area contributed by atoms with Gasteiger partial charge in [-0.25, -0.2) is 19.0 Å². The first-order chi connectivity index (χ1) is 25.8. The summed E-state index contributed by atoms with van der Waals surface area (Å²) < 4.78 is 3.62. The second kappa shape index (κ2) is 15.0. The standard InChI is InChI=1S/2C20H24N6O/c2*1-12-5-6-25(19(27)16-7-13(2)23-14(3)8-16)10-17(12)18-9-15(4)24-20-21-11-22-26(18)20/h2*7-9,11-12,17H,5-6,10H2,1-4H3/t2*12-,17-/m10/s1. The van der Waals surface area contributed by atoms with Gasteiger partial charge in [0, 0.05) is 83.3 Å². The van der Waals surface area contributed by atoms with Crippen LogP contribution in [0, 0.1) is 53.4 Å². The Kier molecular flexibility index (Phi) is 10.2. The minimum atomic E-state index is 0.0705. The highest BCUT2D eigenvalue weighted by Gasteiger charge is 2.34. The fraction of sp³-hybridized carbons (Fsp3) is 0.450. The molecule has 8 heterocycles. The van der Waals surface area contributed by atoms with E-state index in [9.17, 15) is 9.59 Å². The van der Waals surface area contributed by atoms with Crippen LogP contribution in [0.15, 0.2) is 49.1 Å². The molecule has 280 valence electrons. The number of fused-ring (bicyclic) bond motifs is 2. The van der Waals surface area contributed by atoms with Crippen molar-refractivity contribution in [3.63, 3.8) is 0 Å². The number of rotatable bonds is 4. The van der Waals surface area contributed by atoms with E-state index in [1.807, 2.05) is 84.6 Å². The molecule has 0 radical (unpaired) electrons. The van der Waals surface area contributed by atoms with Gasteiger partial charge < -0.3 is 9.80 Å². The van der Waals surface area contributed by atoms with Crippen LogP contribution in [0.25, 0.3) is 11.6 Å². The monoisotopic (exact) mass is 728 g/mol. The fourth-order valence-electron chi connectivity index (χ4n) is 8.00. The maximum Gasteiger partial charge on any atom is 0.254 e. The number of piperidine rings is 2. The van der Waals surface area contributed by atoms with Gasteiger partial charge in [-0.15, -0.1) is 0 Å². The number of carbonyl (C=O) groups is 2. The number of aryl methyl sites for hydroxylation is 6. The summed E-state index contributed by atoms with van der Waals surface area (Å²) in [4.78, 5) is 56.3. The van der Waals surface area contributed by atoms with Gasteiger partial charge in [-0.2, -0.15) is 20.2 Å². The Morgan fingerprint density at radius 3 is 1.26 bits per heavy atom. The lowest BCUT2D eigenvalue weighted by Gasteiger charge is -2.37. The second-order valence-electron chi connectivity index (χ2n) is 15.1. The number of nitrogens with zero attached hydrogens (tertiary/aromatic N) is 12.